The van der Waals surface area contributed by atoms with E-state index in [1.165, 1.54) is 5.56 Å². The molecule has 2 N–H and O–H groups in total. The maximum absolute atomic E-state index is 12.3. The van der Waals surface area contributed by atoms with Crippen LogP contribution in [0.4, 0.5) is 11.4 Å². The molecular formula is C21H27N3O2S. The minimum atomic E-state index is -0.147. The van der Waals surface area contributed by atoms with Crippen molar-refractivity contribution in [1.29, 1.82) is 0 Å². The summed E-state index contributed by atoms with van der Waals surface area (Å²) in [6, 6.07) is 11.8. The molecule has 0 unspecified atom stereocenters. The zero-order valence-electron chi connectivity index (χ0n) is 16.6. The van der Waals surface area contributed by atoms with Crippen molar-refractivity contribution in [3.8, 4) is 0 Å². The van der Waals surface area contributed by atoms with Crippen LogP contribution in [-0.4, -0.2) is 43.1 Å². The molecule has 2 aromatic rings. The second-order valence-electron chi connectivity index (χ2n) is 6.77. The van der Waals surface area contributed by atoms with Crippen molar-refractivity contribution < 1.29 is 9.59 Å². The molecule has 0 aromatic heterocycles. The molecule has 2 rings (SSSR count). The van der Waals surface area contributed by atoms with Gasteiger partial charge in [-0.1, -0.05) is 23.8 Å². The van der Waals surface area contributed by atoms with E-state index >= 15 is 0 Å². The second kappa shape index (κ2) is 9.58. The van der Waals surface area contributed by atoms with Crippen molar-refractivity contribution in [2.24, 2.45) is 0 Å². The largest absolute Gasteiger partial charge is 0.325 e. The normalized spacial score (nSPS) is 10.7. The predicted octanol–water partition coefficient (Wildman–Crippen LogP) is 3.84. The number of rotatable bonds is 7. The molecule has 6 heteroatoms. The van der Waals surface area contributed by atoms with Crippen LogP contribution in [-0.2, 0) is 9.59 Å². The summed E-state index contributed by atoms with van der Waals surface area (Å²) in [5.74, 6) is -0.281. The van der Waals surface area contributed by atoms with Gasteiger partial charge in [-0.2, -0.15) is 0 Å². The maximum atomic E-state index is 12.3. The monoisotopic (exact) mass is 385 g/mol. The summed E-state index contributed by atoms with van der Waals surface area (Å²) >= 11 is 1.62. The molecule has 0 bridgehead atoms. The Morgan fingerprint density at radius 1 is 0.963 bits per heavy atom. The van der Waals surface area contributed by atoms with E-state index < -0.39 is 0 Å². The Kier molecular flexibility index (Phi) is 7.45. The van der Waals surface area contributed by atoms with E-state index in [0.29, 0.717) is 0 Å². The van der Waals surface area contributed by atoms with Crippen molar-refractivity contribution in [1.82, 2.24) is 4.90 Å². The number of anilines is 2. The van der Waals surface area contributed by atoms with Gasteiger partial charge in [-0.3, -0.25) is 14.5 Å². The quantitative estimate of drug-likeness (QED) is 0.711. The van der Waals surface area contributed by atoms with Gasteiger partial charge in [-0.05, 0) is 63.4 Å². The Labute approximate surface area is 165 Å². The summed E-state index contributed by atoms with van der Waals surface area (Å²) in [6.45, 7) is 6.28. The van der Waals surface area contributed by atoms with E-state index in [-0.39, 0.29) is 24.9 Å². The van der Waals surface area contributed by atoms with Gasteiger partial charge < -0.3 is 10.6 Å². The van der Waals surface area contributed by atoms with Crippen molar-refractivity contribution in [2.75, 3.05) is 37.0 Å². The second-order valence-corrected chi connectivity index (χ2v) is 7.65. The summed E-state index contributed by atoms with van der Waals surface area (Å²) in [4.78, 5) is 27.3. The Balaban J connectivity index is 1.88. The molecule has 5 nitrogen and oxygen atoms in total. The third-order valence-electron chi connectivity index (χ3n) is 4.12. The number of hydrogen-bond acceptors (Lipinski definition) is 4. The number of thioether (sulfide) groups is 1. The summed E-state index contributed by atoms with van der Waals surface area (Å²) in [6.07, 6.45) is 1.99. The highest BCUT2D eigenvalue weighted by atomic mass is 32.2. The minimum absolute atomic E-state index is 0.135. The van der Waals surface area contributed by atoms with Crippen molar-refractivity contribution >= 4 is 35.0 Å². The average Bonchev–Trinajstić information content (AvgIpc) is 2.57. The number of carbonyl (C=O) groups is 2. The van der Waals surface area contributed by atoms with E-state index in [1.807, 2.05) is 63.4 Å². The van der Waals surface area contributed by atoms with E-state index in [0.717, 1.165) is 27.4 Å². The molecular weight excluding hydrogens is 358 g/mol. The van der Waals surface area contributed by atoms with Crippen molar-refractivity contribution in [3.63, 3.8) is 0 Å². The average molecular weight is 386 g/mol. The number of benzene rings is 2. The Bertz CT molecular complexity index is 813. The summed E-state index contributed by atoms with van der Waals surface area (Å²) in [5.41, 5.74) is 4.85. The van der Waals surface area contributed by atoms with Gasteiger partial charge in [0.05, 0.1) is 13.1 Å². The van der Waals surface area contributed by atoms with E-state index in [9.17, 15) is 9.59 Å². The molecule has 0 aliphatic heterocycles. The van der Waals surface area contributed by atoms with Crippen LogP contribution < -0.4 is 10.6 Å². The SMILES string of the molecule is CSc1cccc(NC(=O)CN(C)CC(=O)Nc2c(C)cc(C)cc2C)c1. The molecule has 144 valence electrons. The zero-order chi connectivity index (χ0) is 20.0. The summed E-state index contributed by atoms with van der Waals surface area (Å²) in [7, 11) is 1.76. The summed E-state index contributed by atoms with van der Waals surface area (Å²) < 4.78 is 0. The smallest absolute Gasteiger partial charge is 0.238 e. The van der Waals surface area contributed by atoms with Crippen molar-refractivity contribution in [2.45, 2.75) is 25.7 Å². The fourth-order valence-electron chi connectivity index (χ4n) is 3.00. The zero-order valence-corrected chi connectivity index (χ0v) is 17.4. The fraction of sp³-hybridized carbons (Fsp3) is 0.333. The molecule has 0 fully saturated rings. The number of nitrogens with one attached hydrogen (secondary N) is 2. The van der Waals surface area contributed by atoms with Crippen LogP contribution in [0, 0.1) is 20.8 Å². The van der Waals surface area contributed by atoms with Crippen LogP contribution in [0.3, 0.4) is 0 Å². The molecule has 27 heavy (non-hydrogen) atoms. The van der Waals surface area contributed by atoms with Gasteiger partial charge in [-0.15, -0.1) is 11.8 Å². The molecule has 2 aromatic carbocycles. The van der Waals surface area contributed by atoms with E-state index in [1.54, 1.807) is 23.7 Å². The molecule has 0 saturated carbocycles. The third kappa shape index (κ3) is 6.41. The van der Waals surface area contributed by atoms with Crippen LogP contribution in [0.2, 0.25) is 0 Å². The van der Waals surface area contributed by atoms with Crippen LogP contribution in [0.15, 0.2) is 41.3 Å². The molecule has 0 heterocycles. The van der Waals surface area contributed by atoms with Crippen LogP contribution in [0.5, 0.6) is 0 Å². The van der Waals surface area contributed by atoms with Gasteiger partial charge in [-0.25, -0.2) is 0 Å². The van der Waals surface area contributed by atoms with Gasteiger partial charge in [0.25, 0.3) is 0 Å². The number of nitrogens with zero attached hydrogens (tertiary/aromatic N) is 1. The van der Waals surface area contributed by atoms with Gasteiger partial charge >= 0.3 is 0 Å². The molecule has 0 aliphatic carbocycles. The highest BCUT2D eigenvalue weighted by molar-refractivity contribution is 7.98. The highest BCUT2D eigenvalue weighted by Gasteiger charge is 2.13. The molecule has 0 atom stereocenters. The van der Waals surface area contributed by atoms with Gasteiger partial charge in [0, 0.05) is 16.3 Å². The third-order valence-corrected chi connectivity index (χ3v) is 4.85. The van der Waals surface area contributed by atoms with E-state index in [4.69, 9.17) is 0 Å². The van der Waals surface area contributed by atoms with Crippen LogP contribution >= 0.6 is 11.8 Å². The first-order chi connectivity index (χ1) is 12.8. The number of likely N-dealkylation sites (N-methyl/N-ethyl adjacent to an activating group) is 1. The molecule has 0 radical (unpaired) electrons. The number of carbonyl (C=O) groups excluding carboxylic acids is 2. The standard InChI is InChI=1S/C21H27N3O2S/c1-14-9-15(2)21(16(3)10-14)23-20(26)13-24(4)12-19(25)22-17-7-6-8-18(11-17)27-5/h6-11H,12-13H2,1-5H3,(H,22,25)(H,23,26). The predicted molar refractivity (Wildman–Crippen MR) is 114 cm³/mol. The first-order valence-corrected chi connectivity index (χ1v) is 10.0. The Morgan fingerprint density at radius 2 is 1.56 bits per heavy atom. The maximum Gasteiger partial charge on any atom is 0.238 e. The van der Waals surface area contributed by atoms with Crippen LogP contribution in [0.25, 0.3) is 0 Å². The first-order valence-electron chi connectivity index (χ1n) is 8.78. The van der Waals surface area contributed by atoms with Gasteiger partial charge in [0.15, 0.2) is 0 Å². The fourth-order valence-corrected chi connectivity index (χ4v) is 3.46. The Morgan fingerprint density at radius 3 is 2.15 bits per heavy atom. The molecule has 0 spiro atoms. The molecule has 0 aliphatic rings. The lowest BCUT2D eigenvalue weighted by atomic mass is 10.1. The number of aryl methyl sites for hydroxylation is 3. The van der Waals surface area contributed by atoms with E-state index in [2.05, 4.69) is 10.6 Å². The minimum Gasteiger partial charge on any atom is -0.325 e. The lowest BCUT2D eigenvalue weighted by Crippen LogP contribution is -2.36. The lowest BCUT2D eigenvalue weighted by Gasteiger charge is -2.18. The molecule has 0 saturated heterocycles. The first kappa shape index (κ1) is 21.0. The summed E-state index contributed by atoms with van der Waals surface area (Å²) in [5, 5.41) is 5.83. The van der Waals surface area contributed by atoms with Gasteiger partial charge in [0.2, 0.25) is 11.8 Å². The number of hydrogen-bond donors (Lipinski definition) is 2. The highest BCUT2D eigenvalue weighted by Crippen LogP contribution is 2.22. The topological polar surface area (TPSA) is 61.4 Å². The number of amides is 2. The Hall–Kier alpha value is -2.31. The van der Waals surface area contributed by atoms with Crippen LogP contribution in [0.1, 0.15) is 16.7 Å². The van der Waals surface area contributed by atoms with Gasteiger partial charge in [0.1, 0.15) is 0 Å². The van der Waals surface area contributed by atoms with Crippen molar-refractivity contribution in [3.05, 3.63) is 53.1 Å². The lowest BCUT2D eigenvalue weighted by molar-refractivity contribution is -0.119. The molecule has 2 amide bonds.